The molecule has 1 aliphatic heterocycles. The van der Waals surface area contributed by atoms with E-state index in [2.05, 4.69) is 5.32 Å². The summed E-state index contributed by atoms with van der Waals surface area (Å²) < 4.78 is 0. The molecule has 2 aromatic rings. The maximum absolute atomic E-state index is 13.2. The molecule has 0 saturated carbocycles. The highest BCUT2D eigenvalue weighted by atomic mass is 35.5. The van der Waals surface area contributed by atoms with Crippen molar-refractivity contribution in [3.05, 3.63) is 69.4 Å². The van der Waals surface area contributed by atoms with Crippen molar-refractivity contribution >= 4 is 34.7 Å². The zero-order valence-electron chi connectivity index (χ0n) is 16.9. The molecule has 0 aromatic heterocycles. The standard InChI is InChI=1S/C23H25ClN2O2/c1-13(2)12-26-22(27)20(17-10-9-14(3)15(4)11-17)21(23(26)28)25-19-8-6-7-18(24)16(19)5/h6-11,13,25H,12H2,1-5H3. The van der Waals surface area contributed by atoms with Crippen LogP contribution in [0.15, 0.2) is 42.1 Å². The highest BCUT2D eigenvalue weighted by Gasteiger charge is 2.39. The van der Waals surface area contributed by atoms with Crippen LogP contribution >= 0.6 is 11.6 Å². The van der Waals surface area contributed by atoms with Crippen molar-refractivity contribution in [2.45, 2.75) is 34.6 Å². The van der Waals surface area contributed by atoms with E-state index in [9.17, 15) is 9.59 Å². The van der Waals surface area contributed by atoms with Crippen molar-refractivity contribution in [3.8, 4) is 0 Å². The largest absolute Gasteiger partial charge is 0.350 e. The Morgan fingerprint density at radius 1 is 1.00 bits per heavy atom. The van der Waals surface area contributed by atoms with Crippen molar-refractivity contribution < 1.29 is 9.59 Å². The van der Waals surface area contributed by atoms with E-state index in [0.717, 1.165) is 27.9 Å². The van der Waals surface area contributed by atoms with Gasteiger partial charge in [-0.25, -0.2) is 0 Å². The Balaban J connectivity index is 2.13. The molecule has 2 amide bonds. The summed E-state index contributed by atoms with van der Waals surface area (Å²) in [4.78, 5) is 27.7. The number of rotatable bonds is 5. The van der Waals surface area contributed by atoms with Crippen molar-refractivity contribution in [2.75, 3.05) is 11.9 Å². The van der Waals surface area contributed by atoms with Gasteiger partial charge in [0.15, 0.2) is 0 Å². The molecule has 0 atom stereocenters. The second kappa shape index (κ2) is 7.80. The number of halogens is 1. The molecule has 1 aliphatic rings. The van der Waals surface area contributed by atoms with Gasteiger partial charge in [-0.05, 0) is 61.1 Å². The molecule has 3 rings (SSSR count). The molecule has 0 fully saturated rings. The molecule has 5 heteroatoms. The van der Waals surface area contributed by atoms with Gasteiger partial charge in [0.05, 0.1) is 5.57 Å². The third-order valence-electron chi connectivity index (χ3n) is 5.04. The fourth-order valence-electron chi connectivity index (χ4n) is 3.27. The molecule has 146 valence electrons. The summed E-state index contributed by atoms with van der Waals surface area (Å²) in [5, 5.41) is 3.80. The number of carbonyl (C=O) groups excluding carboxylic acids is 2. The fourth-order valence-corrected chi connectivity index (χ4v) is 3.44. The minimum Gasteiger partial charge on any atom is -0.350 e. The first-order chi connectivity index (χ1) is 13.2. The normalized spacial score (nSPS) is 14.5. The first-order valence-electron chi connectivity index (χ1n) is 9.41. The zero-order valence-corrected chi connectivity index (χ0v) is 17.6. The number of amides is 2. The van der Waals surface area contributed by atoms with Crippen LogP contribution in [0.4, 0.5) is 5.69 Å². The minimum atomic E-state index is -0.300. The molecule has 2 aromatic carbocycles. The average Bonchev–Trinajstić information content (AvgIpc) is 2.85. The number of imide groups is 1. The van der Waals surface area contributed by atoms with Crippen molar-refractivity contribution in [3.63, 3.8) is 0 Å². The summed E-state index contributed by atoms with van der Waals surface area (Å²) in [5.74, 6) is -0.378. The Morgan fingerprint density at radius 3 is 2.36 bits per heavy atom. The van der Waals surface area contributed by atoms with Crippen molar-refractivity contribution in [1.29, 1.82) is 0 Å². The quantitative estimate of drug-likeness (QED) is 0.714. The van der Waals surface area contributed by atoms with Gasteiger partial charge in [0, 0.05) is 17.3 Å². The lowest BCUT2D eigenvalue weighted by Crippen LogP contribution is -2.35. The molecule has 0 saturated heterocycles. The predicted octanol–water partition coefficient (Wildman–Crippen LogP) is 5.11. The lowest BCUT2D eigenvalue weighted by Gasteiger charge is -2.17. The second-order valence-electron chi connectivity index (χ2n) is 7.70. The Morgan fingerprint density at radius 2 is 1.71 bits per heavy atom. The molecule has 1 heterocycles. The van der Waals surface area contributed by atoms with E-state index in [1.807, 2.05) is 65.0 Å². The molecular formula is C23H25ClN2O2. The molecule has 0 aliphatic carbocycles. The SMILES string of the molecule is Cc1ccc(C2=C(Nc3cccc(Cl)c3C)C(=O)N(CC(C)C)C2=O)cc1C. The van der Waals surface area contributed by atoms with E-state index >= 15 is 0 Å². The number of aryl methyl sites for hydroxylation is 2. The Bertz CT molecular complexity index is 992. The van der Waals surface area contributed by atoms with E-state index in [4.69, 9.17) is 11.6 Å². The van der Waals surface area contributed by atoms with Gasteiger partial charge in [0.2, 0.25) is 0 Å². The maximum Gasteiger partial charge on any atom is 0.278 e. The summed E-state index contributed by atoms with van der Waals surface area (Å²) in [7, 11) is 0. The van der Waals surface area contributed by atoms with Crippen LogP contribution in [0, 0.1) is 26.7 Å². The fraction of sp³-hybridized carbons (Fsp3) is 0.304. The monoisotopic (exact) mass is 396 g/mol. The maximum atomic E-state index is 13.2. The second-order valence-corrected chi connectivity index (χ2v) is 8.11. The Hall–Kier alpha value is -2.59. The molecule has 0 unspecified atom stereocenters. The molecule has 4 nitrogen and oxygen atoms in total. The number of carbonyl (C=O) groups is 2. The molecule has 0 bridgehead atoms. The first kappa shape index (κ1) is 20.2. The minimum absolute atomic E-state index is 0.182. The van der Waals surface area contributed by atoms with Crippen LogP contribution in [-0.4, -0.2) is 23.3 Å². The summed E-state index contributed by atoms with van der Waals surface area (Å²) in [6.07, 6.45) is 0. The van der Waals surface area contributed by atoms with Crippen LogP contribution in [0.3, 0.4) is 0 Å². The third kappa shape index (κ3) is 3.69. The lowest BCUT2D eigenvalue weighted by atomic mass is 9.99. The van der Waals surface area contributed by atoms with E-state index in [-0.39, 0.29) is 17.7 Å². The number of anilines is 1. The topological polar surface area (TPSA) is 49.4 Å². The number of benzene rings is 2. The van der Waals surface area contributed by atoms with Crippen LogP contribution in [0.25, 0.3) is 5.57 Å². The van der Waals surface area contributed by atoms with Gasteiger partial charge in [0.25, 0.3) is 11.8 Å². The highest BCUT2D eigenvalue weighted by molar-refractivity contribution is 6.36. The van der Waals surface area contributed by atoms with E-state index in [1.54, 1.807) is 6.07 Å². The van der Waals surface area contributed by atoms with Gasteiger partial charge in [0.1, 0.15) is 5.70 Å². The van der Waals surface area contributed by atoms with E-state index in [0.29, 0.717) is 22.8 Å². The smallest absolute Gasteiger partial charge is 0.278 e. The van der Waals surface area contributed by atoms with Crippen LogP contribution in [-0.2, 0) is 9.59 Å². The number of hydrogen-bond donors (Lipinski definition) is 1. The van der Waals surface area contributed by atoms with Gasteiger partial charge < -0.3 is 5.32 Å². The van der Waals surface area contributed by atoms with Crippen LogP contribution in [0.2, 0.25) is 5.02 Å². The average molecular weight is 397 g/mol. The molecule has 0 radical (unpaired) electrons. The third-order valence-corrected chi connectivity index (χ3v) is 5.45. The summed E-state index contributed by atoms with van der Waals surface area (Å²) in [5.41, 5.74) is 5.23. The first-order valence-corrected chi connectivity index (χ1v) is 9.78. The molecule has 0 spiro atoms. The summed E-state index contributed by atoms with van der Waals surface area (Å²) in [6, 6.07) is 11.3. The number of nitrogens with one attached hydrogen (secondary N) is 1. The van der Waals surface area contributed by atoms with Crippen molar-refractivity contribution in [2.24, 2.45) is 5.92 Å². The molecule has 1 N–H and O–H groups in total. The van der Waals surface area contributed by atoms with Gasteiger partial charge in [-0.2, -0.15) is 0 Å². The number of hydrogen-bond acceptors (Lipinski definition) is 3. The summed E-state index contributed by atoms with van der Waals surface area (Å²) in [6.45, 7) is 10.3. The lowest BCUT2D eigenvalue weighted by molar-refractivity contribution is -0.137. The van der Waals surface area contributed by atoms with Crippen LogP contribution in [0.1, 0.15) is 36.1 Å². The number of nitrogens with zero attached hydrogens (tertiary/aromatic N) is 1. The predicted molar refractivity (Wildman–Crippen MR) is 114 cm³/mol. The summed E-state index contributed by atoms with van der Waals surface area (Å²) >= 11 is 6.24. The Labute approximate surface area is 171 Å². The van der Waals surface area contributed by atoms with Gasteiger partial charge in [-0.15, -0.1) is 0 Å². The van der Waals surface area contributed by atoms with Gasteiger partial charge in [-0.3, -0.25) is 14.5 Å². The van der Waals surface area contributed by atoms with Crippen LogP contribution < -0.4 is 5.32 Å². The van der Waals surface area contributed by atoms with Crippen molar-refractivity contribution in [1.82, 2.24) is 4.90 Å². The van der Waals surface area contributed by atoms with Gasteiger partial charge in [-0.1, -0.05) is 49.7 Å². The molecular weight excluding hydrogens is 372 g/mol. The molecule has 28 heavy (non-hydrogen) atoms. The Kier molecular flexibility index (Phi) is 5.61. The van der Waals surface area contributed by atoms with E-state index in [1.165, 1.54) is 4.90 Å². The zero-order chi connectivity index (χ0) is 20.6. The van der Waals surface area contributed by atoms with Crippen LogP contribution in [0.5, 0.6) is 0 Å². The van der Waals surface area contributed by atoms with E-state index < -0.39 is 0 Å². The highest BCUT2D eigenvalue weighted by Crippen LogP contribution is 2.33. The van der Waals surface area contributed by atoms with Gasteiger partial charge >= 0.3 is 0 Å².